The molecular formula is C15H14Cl2N2O3S. The first-order valence-electron chi connectivity index (χ1n) is 6.49. The number of anilines is 2. The first kappa shape index (κ1) is 17.6. The molecule has 0 heterocycles. The number of carbonyl (C=O) groups is 1. The lowest BCUT2D eigenvalue weighted by atomic mass is 10.2. The fraction of sp³-hybridized carbons (Fsp3) is 0.133. The van der Waals surface area contributed by atoms with E-state index in [1.165, 1.54) is 19.2 Å². The van der Waals surface area contributed by atoms with E-state index in [4.69, 9.17) is 23.2 Å². The summed E-state index contributed by atoms with van der Waals surface area (Å²) in [7, 11) is -1.98. The van der Waals surface area contributed by atoms with Gasteiger partial charge in [-0.3, -0.25) is 9.10 Å². The molecule has 122 valence electrons. The Morgan fingerprint density at radius 2 is 1.78 bits per heavy atom. The SMILES string of the molecule is CN(c1cccc(C(=O)Nc2ccc(Cl)c(Cl)c2)c1)S(C)(=O)=O. The Balaban J connectivity index is 2.24. The summed E-state index contributed by atoms with van der Waals surface area (Å²) in [5, 5.41) is 3.40. The van der Waals surface area contributed by atoms with Gasteiger partial charge in [0, 0.05) is 18.3 Å². The topological polar surface area (TPSA) is 66.5 Å². The third-order valence-corrected chi connectivity index (χ3v) is 5.09. The van der Waals surface area contributed by atoms with Crippen molar-refractivity contribution in [2.24, 2.45) is 0 Å². The zero-order valence-electron chi connectivity index (χ0n) is 12.4. The summed E-state index contributed by atoms with van der Waals surface area (Å²) < 4.78 is 24.2. The van der Waals surface area contributed by atoms with Gasteiger partial charge in [0.1, 0.15) is 0 Å². The number of hydrogen-bond acceptors (Lipinski definition) is 3. The molecule has 1 amide bonds. The standard InChI is InChI=1S/C15H14Cl2N2O3S/c1-19(23(2,21)22)12-5-3-4-10(8-12)15(20)18-11-6-7-13(16)14(17)9-11/h3-9H,1-2H3,(H,18,20). The van der Waals surface area contributed by atoms with Gasteiger partial charge < -0.3 is 5.32 Å². The number of rotatable bonds is 4. The molecule has 2 rings (SSSR count). The van der Waals surface area contributed by atoms with Crippen LogP contribution < -0.4 is 9.62 Å². The van der Waals surface area contributed by atoms with Gasteiger partial charge in [-0.2, -0.15) is 0 Å². The molecule has 8 heteroatoms. The fourth-order valence-electron chi connectivity index (χ4n) is 1.81. The number of hydrogen-bond donors (Lipinski definition) is 1. The van der Waals surface area contributed by atoms with Crippen molar-refractivity contribution >= 4 is 50.5 Å². The molecule has 0 aliphatic heterocycles. The van der Waals surface area contributed by atoms with E-state index in [1.54, 1.807) is 30.3 Å². The molecule has 0 bridgehead atoms. The summed E-state index contributed by atoms with van der Waals surface area (Å²) >= 11 is 11.7. The molecule has 0 saturated heterocycles. The first-order valence-corrected chi connectivity index (χ1v) is 9.09. The Hall–Kier alpha value is -1.76. The molecule has 2 aromatic carbocycles. The summed E-state index contributed by atoms with van der Waals surface area (Å²) in [6, 6.07) is 11.0. The maximum Gasteiger partial charge on any atom is 0.255 e. The number of amides is 1. The van der Waals surface area contributed by atoms with Crippen molar-refractivity contribution in [2.45, 2.75) is 0 Å². The van der Waals surface area contributed by atoms with Crippen LogP contribution in [0.15, 0.2) is 42.5 Å². The average Bonchev–Trinajstić information content (AvgIpc) is 2.49. The highest BCUT2D eigenvalue weighted by atomic mass is 35.5. The van der Waals surface area contributed by atoms with E-state index >= 15 is 0 Å². The zero-order valence-corrected chi connectivity index (χ0v) is 14.7. The lowest BCUT2D eigenvalue weighted by Gasteiger charge is -2.17. The molecule has 0 atom stereocenters. The van der Waals surface area contributed by atoms with Crippen LogP contribution in [0.1, 0.15) is 10.4 Å². The van der Waals surface area contributed by atoms with Crippen LogP contribution in [0.4, 0.5) is 11.4 Å². The zero-order chi connectivity index (χ0) is 17.2. The van der Waals surface area contributed by atoms with Crippen molar-refractivity contribution in [1.82, 2.24) is 0 Å². The summed E-state index contributed by atoms with van der Waals surface area (Å²) in [5.74, 6) is -0.382. The molecule has 0 unspecified atom stereocenters. The highest BCUT2D eigenvalue weighted by Gasteiger charge is 2.14. The Morgan fingerprint density at radius 1 is 1.09 bits per heavy atom. The number of nitrogens with zero attached hydrogens (tertiary/aromatic N) is 1. The van der Waals surface area contributed by atoms with Gasteiger partial charge >= 0.3 is 0 Å². The second-order valence-electron chi connectivity index (χ2n) is 4.86. The smallest absolute Gasteiger partial charge is 0.255 e. The number of nitrogens with one attached hydrogen (secondary N) is 1. The van der Waals surface area contributed by atoms with Crippen LogP contribution in [0, 0.1) is 0 Å². The fourth-order valence-corrected chi connectivity index (χ4v) is 2.61. The van der Waals surface area contributed by atoms with Gasteiger partial charge in [0.15, 0.2) is 0 Å². The van der Waals surface area contributed by atoms with Crippen LogP contribution in [-0.4, -0.2) is 27.6 Å². The van der Waals surface area contributed by atoms with Gasteiger partial charge in [-0.05, 0) is 36.4 Å². The highest BCUT2D eigenvalue weighted by Crippen LogP contribution is 2.25. The van der Waals surface area contributed by atoms with Crippen LogP contribution in [0.3, 0.4) is 0 Å². The predicted octanol–water partition coefficient (Wildman–Crippen LogP) is 3.64. The highest BCUT2D eigenvalue weighted by molar-refractivity contribution is 7.92. The summed E-state index contributed by atoms with van der Waals surface area (Å²) in [6.07, 6.45) is 1.09. The molecule has 2 aromatic rings. The summed E-state index contributed by atoms with van der Waals surface area (Å²) in [4.78, 5) is 12.3. The van der Waals surface area contributed by atoms with Crippen LogP contribution in [0.5, 0.6) is 0 Å². The van der Waals surface area contributed by atoms with Gasteiger partial charge in [-0.25, -0.2) is 8.42 Å². The Labute approximate surface area is 144 Å². The largest absolute Gasteiger partial charge is 0.322 e. The van der Waals surface area contributed by atoms with Gasteiger partial charge in [0.2, 0.25) is 10.0 Å². The van der Waals surface area contributed by atoms with Crippen molar-refractivity contribution in [3.05, 3.63) is 58.1 Å². The van der Waals surface area contributed by atoms with E-state index in [1.807, 2.05) is 0 Å². The van der Waals surface area contributed by atoms with Crippen LogP contribution >= 0.6 is 23.2 Å². The average molecular weight is 373 g/mol. The van der Waals surface area contributed by atoms with E-state index < -0.39 is 10.0 Å². The lowest BCUT2D eigenvalue weighted by Crippen LogP contribution is -2.25. The Morgan fingerprint density at radius 3 is 2.39 bits per heavy atom. The second-order valence-corrected chi connectivity index (χ2v) is 7.69. The van der Waals surface area contributed by atoms with Gasteiger partial charge in [-0.1, -0.05) is 29.3 Å². The van der Waals surface area contributed by atoms with Crippen LogP contribution in [0.2, 0.25) is 10.0 Å². The molecule has 0 aliphatic rings. The number of halogens is 2. The maximum absolute atomic E-state index is 12.3. The number of carbonyl (C=O) groups excluding carboxylic acids is 1. The minimum absolute atomic E-state index is 0.323. The van der Waals surface area contributed by atoms with E-state index in [0.29, 0.717) is 27.0 Å². The van der Waals surface area contributed by atoms with Gasteiger partial charge in [0.25, 0.3) is 5.91 Å². The molecule has 0 aliphatic carbocycles. The molecular weight excluding hydrogens is 359 g/mol. The second kappa shape index (κ2) is 6.78. The van der Waals surface area contributed by atoms with Gasteiger partial charge in [-0.15, -0.1) is 0 Å². The molecule has 0 saturated carbocycles. The number of sulfonamides is 1. The Bertz CT molecular complexity index is 854. The van der Waals surface area contributed by atoms with E-state index in [2.05, 4.69) is 5.32 Å². The third-order valence-electron chi connectivity index (χ3n) is 3.15. The minimum atomic E-state index is -3.40. The Kier molecular flexibility index (Phi) is 5.19. The molecule has 1 N–H and O–H groups in total. The minimum Gasteiger partial charge on any atom is -0.322 e. The molecule has 0 aromatic heterocycles. The predicted molar refractivity (Wildman–Crippen MR) is 94.1 cm³/mol. The van der Waals surface area contributed by atoms with E-state index in [9.17, 15) is 13.2 Å². The molecule has 5 nitrogen and oxygen atoms in total. The van der Waals surface area contributed by atoms with Crippen molar-refractivity contribution < 1.29 is 13.2 Å². The van der Waals surface area contributed by atoms with Crippen molar-refractivity contribution in [2.75, 3.05) is 22.9 Å². The van der Waals surface area contributed by atoms with Crippen molar-refractivity contribution in [3.8, 4) is 0 Å². The summed E-state index contributed by atoms with van der Waals surface area (Å²) in [5.41, 5.74) is 1.21. The lowest BCUT2D eigenvalue weighted by molar-refractivity contribution is 0.102. The summed E-state index contributed by atoms with van der Waals surface area (Å²) in [6.45, 7) is 0. The maximum atomic E-state index is 12.3. The van der Waals surface area contributed by atoms with Crippen molar-refractivity contribution in [3.63, 3.8) is 0 Å². The van der Waals surface area contributed by atoms with Crippen molar-refractivity contribution in [1.29, 1.82) is 0 Å². The van der Waals surface area contributed by atoms with Gasteiger partial charge in [0.05, 0.1) is 22.0 Å². The third kappa shape index (κ3) is 4.37. The van der Waals surface area contributed by atoms with E-state index in [-0.39, 0.29) is 5.91 Å². The molecule has 0 spiro atoms. The molecule has 0 radical (unpaired) electrons. The quantitative estimate of drug-likeness (QED) is 0.890. The molecule has 0 fully saturated rings. The monoisotopic (exact) mass is 372 g/mol. The first-order chi connectivity index (χ1) is 10.7. The van der Waals surface area contributed by atoms with E-state index in [0.717, 1.165) is 10.6 Å². The molecule has 23 heavy (non-hydrogen) atoms. The normalized spacial score (nSPS) is 11.1. The van der Waals surface area contributed by atoms with Crippen LogP contribution in [0.25, 0.3) is 0 Å². The van der Waals surface area contributed by atoms with Crippen LogP contribution in [-0.2, 0) is 10.0 Å². The number of benzene rings is 2.